The molecule has 1 aliphatic carbocycles. The summed E-state index contributed by atoms with van der Waals surface area (Å²) < 4.78 is 0. The summed E-state index contributed by atoms with van der Waals surface area (Å²) in [5, 5.41) is 26.5. The van der Waals surface area contributed by atoms with E-state index in [9.17, 15) is 0 Å². The largest absolute Gasteiger partial charge is 0.367 e. The van der Waals surface area contributed by atoms with Crippen molar-refractivity contribution in [2.45, 2.75) is 96.1 Å². The van der Waals surface area contributed by atoms with Crippen LogP contribution in [0.1, 0.15) is 83.2 Å². The van der Waals surface area contributed by atoms with Crippen LogP contribution in [0.2, 0.25) is 0 Å². The van der Waals surface area contributed by atoms with Gasteiger partial charge in [0.05, 0.1) is 12.3 Å². The second-order valence-corrected chi connectivity index (χ2v) is 10.4. The van der Waals surface area contributed by atoms with Crippen LogP contribution in [0, 0.1) is 0 Å². The van der Waals surface area contributed by atoms with Gasteiger partial charge < -0.3 is 26.6 Å². The van der Waals surface area contributed by atoms with Gasteiger partial charge in [0.25, 0.3) is 0 Å². The Morgan fingerprint density at radius 1 is 0.889 bits per heavy atom. The van der Waals surface area contributed by atoms with Crippen LogP contribution in [0.3, 0.4) is 0 Å². The minimum atomic E-state index is 0.474. The molecule has 9 nitrogen and oxygen atoms in total. The molecule has 3 heterocycles. The summed E-state index contributed by atoms with van der Waals surface area (Å²) in [5.74, 6) is 1.59. The van der Waals surface area contributed by atoms with Crippen LogP contribution in [0.25, 0.3) is 0 Å². The molecule has 5 N–H and O–H groups in total. The number of hydrogen-bond acceptors (Lipinski definition) is 9. The Bertz CT molecular complexity index is 842. The van der Waals surface area contributed by atoms with E-state index in [1.807, 2.05) is 0 Å². The van der Waals surface area contributed by atoms with Crippen molar-refractivity contribution < 1.29 is 0 Å². The van der Waals surface area contributed by atoms with Crippen LogP contribution in [0.15, 0.2) is 16.3 Å². The van der Waals surface area contributed by atoms with E-state index >= 15 is 0 Å². The molecule has 3 aliphatic rings. The summed E-state index contributed by atoms with van der Waals surface area (Å²) in [6, 6.07) is 3.31. The van der Waals surface area contributed by atoms with Gasteiger partial charge in [-0.25, -0.2) is 4.98 Å². The summed E-state index contributed by atoms with van der Waals surface area (Å²) in [5.41, 5.74) is 3.29. The number of anilines is 2. The first kappa shape index (κ1) is 26.9. The molecule has 200 valence electrons. The fraction of sp³-hybridized carbons (Fsp3) is 0.778. The first-order valence-corrected chi connectivity index (χ1v) is 14.4. The molecule has 2 fully saturated rings. The summed E-state index contributed by atoms with van der Waals surface area (Å²) in [4.78, 5) is 9.38. The number of aromatic nitrogens is 2. The van der Waals surface area contributed by atoms with E-state index in [0.717, 1.165) is 94.5 Å². The molecule has 2 aliphatic heterocycles. The van der Waals surface area contributed by atoms with Gasteiger partial charge in [0.1, 0.15) is 5.82 Å². The maximum atomic E-state index is 4.71. The second kappa shape index (κ2) is 15.2. The SMILES string of the molecule is CCc1cc(NC2CCNCC2)nc(NCC2=NN=C(CCCNCCCNC3CCCCC3)C2)n1. The monoisotopic (exact) mass is 497 g/mol. The van der Waals surface area contributed by atoms with Gasteiger partial charge in [-0.1, -0.05) is 26.2 Å². The van der Waals surface area contributed by atoms with Crippen molar-refractivity contribution in [3.63, 3.8) is 0 Å². The third kappa shape index (κ3) is 9.41. The Morgan fingerprint density at radius 3 is 2.53 bits per heavy atom. The van der Waals surface area contributed by atoms with E-state index in [4.69, 9.17) is 4.98 Å². The predicted octanol–water partition coefficient (Wildman–Crippen LogP) is 3.50. The van der Waals surface area contributed by atoms with E-state index in [2.05, 4.69) is 54.8 Å². The maximum Gasteiger partial charge on any atom is 0.225 e. The first-order chi connectivity index (χ1) is 17.8. The molecule has 0 unspecified atom stereocenters. The van der Waals surface area contributed by atoms with E-state index in [1.54, 1.807) is 0 Å². The number of piperidine rings is 1. The van der Waals surface area contributed by atoms with Crippen LogP contribution < -0.4 is 26.6 Å². The maximum absolute atomic E-state index is 4.71. The Hall–Kier alpha value is -2.10. The number of rotatable bonds is 15. The lowest BCUT2D eigenvalue weighted by molar-refractivity contribution is 0.371. The molecule has 0 aromatic carbocycles. The topological polar surface area (TPSA) is 111 Å². The van der Waals surface area contributed by atoms with E-state index in [-0.39, 0.29) is 0 Å². The molecular formula is C27H47N9. The van der Waals surface area contributed by atoms with Crippen LogP contribution >= 0.6 is 0 Å². The fourth-order valence-corrected chi connectivity index (χ4v) is 5.24. The molecule has 0 amide bonds. The van der Waals surface area contributed by atoms with Gasteiger partial charge in [-0.05, 0) is 84.1 Å². The number of hydrogen-bond donors (Lipinski definition) is 5. The molecule has 0 bridgehead atoms. The van der Waals surface area contributed by atoms with Crippen molar-refractivity contribution in [2.24, 2.45) is 10.2 Å². The van der Waals surface area contributed by atoms with Gasteiger partial charge in [0.15, 0.2) is 0 Å². The second-order valence-electron chi connectivity index (χ2n) is 10.4. The lowest BCUT2D eigenvalue weighted by Gasteiger charge is -2.24. The van der Waals surface area contributed by atoms with Crippen molar-refractivity contribution >= 4 is 23.2 Å². The Labute approximate surface area is 217 Å². The molecule has 0 spiro atoms. The lowest BCUT2D eigenvalue weighted by Crippen LogP contribution is -2.35. The van der Waals surface area contributed by atoms with Crippen LogP contribution in [0.5, 0.6) is 0 Å². The van der Waals surface area contributed by atoms with Crippen LogP contribution in [-0.2, 0) is 6.42 Å². The standard InChI is InChI=1S/C27H47N9/c1-2-21-19-26(32-23-11-16-29-17-12-23)34-27(33-21)31-20-25-18-24(35-36-25)10-6-13-28-14-7-15-30-22-8-4-3-5-9-22/h19,22-23,28-30H,2-18,20H2,1H3,(H2,31,32,33,34). The molecule has 1 aromatic rings. The summed E-state index contributed by atoms with van der Waals surface area (Å²) in [6.45, 7) is 8.15. The summed E-state index contributed by atoms with van der Waals surface area (Å²) >= 11 is 0. The average molecular weight is 498 g/mol. The van der Waals surface area contributed by atoms with Crippen molar-refractivity contribution in [3.8, 4) is 0 Å². The van der Waals surface area contributed by atoms with Crippen molar-refractivity contribution in [3.05, 3.63) is 11.8 Å². The zero-order valence-corrected chi connectivity index (χ0v) is 22.2. The van der Waals surface area contributed by atoms with Gasteiger partial charge >= 0.3 is 0 Å². The normalized spacial score (nSPS) is 19.2. The Balaban J connectivity index is 1.07. The first-order valence-electron chi connectivity index (χ1n) is 14.4. The quantitative estimate of drug-likeness (QED) is 0.236. The molecule has 1 saturated carbocycles. The predicted molar refractivity (Wildman–Crippen MR) is 150 cm³/mol. The molecule has 1 saturated heterocycles. The molecule has 4 rings (SSSR count). The van der Waals surface area contributed by atoms with Crippen molar-refractivity contribution in [1.82, 2.24) is 25.9 Å². The highest BCUT2D eigenvalue weighted by Crippen LogP contribution is 2.17. The minimum absolute atomic E-state index is 0.474. The zero-order chi connectivity index (χ0) is 24.8. The van der Waals surface area contributed by atoms with Gasteiger partial charge in [-0.15, -0.1) is 0 Å². The number of nitrogens with zero attached hydrogens (tertiary/aromatic N) is 4. The highest BCUT2D eigenvalue weighted by atomic mass is 15.2. The zero-order valence-electron chi connectivity index (χ0n) is 22.2. The number of nitrogens with one attached hydrogen (secondary N) is 5. The lowest BCUT2D eigenvalue weighted by atomic mass is 9.95. The molecule has 1 aromatic heterocycles. The van der Waals surface area contributed by atoms with Crippen molar-refractivity contribution in [1.29, 1.82) is 0 Å². The van der Waals surface area contributed by atoms with E-state index in [0.29, 0.717) is 18.5 Å². The van der Waals surface area contributed by atoms with Gasteiger partial charge in [-0.3, -0.25) is 0 Å². The van der Waals surface area contributed by atoms with Gasteiger partial charge in [0.2, 0.25) is 5.95 Å². The summed E-state index contributed by atoms with van der Waals surface area (Å²) in [6.07, 6.45) is 14.3. The molecular weight excluding hydrogens is 450 g/mol. The Kier molecular flexibility index (Phi) is 11.4. The number of aryl methyl sites for hydroxylation is 1. The molecule has 36 heavy (non-hydrogen) atoms. The van der Waals surface area contributed by atoms with E-state index < -0.39 is 0 Å². The highest BCUT2D eigenvalue weighted by Gasteiger charge is 2.16. The van der Waals surface area contributed by atoms with Crippen LogP contribution in [-0.4, -0.2) is 72.7 Å². The Morgan fingerprint density at radius 2 is 1.69 bits per heavy atom. The molecule has 0 radical (unpaired) electrons. The van der Waals surface area contributed by atoms with Crippen molar-refractivity contribution in [2.75, 3.05) is 49.9 Å². The highest BCUT2D eigenvalue weighted by molar-refractivity contribution is 6.08. The third-order valence-electron chi connectivity index (χ3n) is 7.41. The third-order valence-corrected chi connectivity index (χ3v) is 7.41. The van der Waals surface area contributed by atoms with Gasteiger partial charge in [0, 0.05) is 36.0 Å². The average Bonchev–Trinajstić information content (AvgIpc) is 3.38. The van der Waals surface area contributed by atoms with E-state index in [1.165, 1.54) is 44.2 Å². The fourth-order valence-electron chi connectivity index (χ4n) is 5.24. The van der Waals surface area contributed by atoms with Crippen LogP contribution in [0.4, 0.5) is 11.8 Å². The summed E-state index contributed by atoms with van der Waals surface area (Å²) in [7, 11) is 0. The van der Waals surface area contributed by atoms with Gasteiger partial charge in [-0.2, -0.15) is 15.2 Å². The minimum Gasteiger partial charge on any atom is -0.367 e. The molecule has 9 heteroatoms. The smallest absolute Gasteiger partial charge is 0.225 e. The molecule has 0 atom stereocenters.